The number of aryl methyl sites for hydroxylation is 4. The zero-order valence-corrected chi connectivity index (χ0v) is 59.9. The maximum Gasteiger partial charge on any atom is 0.131 e. The normalized spacial score (nSPS) is 13.0. The molecule has 0 aliphatic heterocycles. The summed E-state index contributed by atoms with van der Waals surface area (Å²) >= 11 is 0. The quantitative estimate of drug-likeness (QED) is 0.0821. The number of ether oxygens (including phenoxy) is 6. The molecule has 0 amide bonds. The van der Waals surface area contributed by atoms with Crippen LogP contribution in [0.5, 0.6) is 23.0 Å². The highest BCUT2D eigenvalue weighted by Crippen LogP contribution is 2.46. The second-order valence-electron chi connectivity index (χ2n) is 28.0. The molecular formula is C82H104F4O8. The Labute approximate surface area is 559 Å². The Morgan fingerprint density at radius 1 is 0.287 bits per heavy atom. The molecule has 0 radical (unpaired) electrons. The lowest BCUT2D eigenvalue weighted by Crippen LogP contribution is -2.21. The van der Waals surface area contributed by atoms with Gasteiger partial charge in [-0.25, -0.2) is 17.6 Å². The number of halogens is 4. The van der Waals surface area contributed by atoms with Crippen LogP contribution < -0.4 is 18.9 Å². The van der Waals surface area contributed by atoms with Gasteiger partial charge in [-0.1, -0.05) is 184 Å². The molecule has 0 fully saturated rings. The molecule has 8 nitrogen and oxygen atoms in total. The lowest BCUT2D eigenvalue weighted by Gasteiger charge is -2.32. The summed E-state index contributed by atoms with van der Waals surface area (Å²) in [6.45, 7) is 33.0. The van der Waals surface area contributed by atoms with E-state index in [0.29, 0.717) is 56.4 Å². The molecule has 8 aromatic carbocycles. The molecule has 0 aliphatic rings. The second kappa shape index (κ2) is 33.8. The van der Waals surface area contributed by atoms with Crippen molar-refractivity contribution in [2.24, 2.45) is 21.7 Å². The van der Waals surface area contributed by atoms with Gasteiger partial charge in [0, 0.05) is 36.5 Å². The third-order valence-corrected chi connectivity index (χ3v) is 16.8. The maximum atomic E-state index is 14.5. The van der Waals surface area contributed by atoms with E-state index in [1.54, 1.807) is 91.2 Å². The lowest BCUT2D eigenvalue weighted by molar-refractivity contribution is 0.0155. The number of rotatable bonds is 18. The molecule has 508 valence electrons. The number of hydrogen-bond donors (Lipinski definition) is 2. The lowest BCUT2D eigenvalue weighted by atomic mass is 9.80. The van der Waals surface area contributed by atoms with E-state index in [0.717, 1.165) is 70.2 Å². The highest BCUT2D eigenvalue weighted by atomic mass is 19.1. The summed E-state index contributed by atoms with van der Waals surface area (Å²) < 4.78 is 90.4. The van der Waals surface area contributed by atoms with Crippen LogP contribution in [0.2, 0.25) is 0 Å². The van der Waals surface area contributed by atoms with Gasteiger partial charge in [-0.3, -0.25) is 0 Å². The Kier molecular flexibility index (Phi) is 27.7. The highest BCUT2D eigenvalue weighted by Gasteiger charge is 2.33. The van der Waals surface area contributed by atoms with Gasteiger partial charge in [-0.2, -0.15) is 0 Å². The molecule has 8 aromatic rings. The summed E-state index contributed by atoms with van der Waals surface area (Å²) in [4.78, 5) is 0. The summed E-state index contributed by atoms with van der Waals surface area (Å²) in [5.74, 6) is 1.31. The molecule has 12 heteroatoms. The Morgan fingerprint density at radius 2 is 0.500 bits per heavy atom. The summed E-state index contributed by atoms with van der Waals surface area (Å²) in [6.07, 6.45) is 1.94. The first-order valence-corrected chi connectivity index (χ1v) is 32.5. The summed E-state index contributed by atoms with van der Waals surface area (Å²) in [7, 11) is 9.71. The van der Waals surface area contributed by atoms with E-state index in [-0.39, 0.29) is 57.1 Å². The van der Waals surface area contributed by atoms with E-state index in [4.69, 9.17) is 28.4 Å². The molecule has 2 N–H and O–H groups in total. The van der Waals surface area contributed by atoms with Gasteiger partial charge in [0.25, 0.3) is 0 Å². The Morgan fingerprint density at radius 3 is 0.681 bits per heavy atom. The van der Waals surface area contributed by atoms with Crippen LogP contribution in [0.1, 0.15) is 180 Å². The van der Waals surface area contributed by atoms with Crippen molar-refractivity contribution in [1.29, 1.82) is 0 Å². The predicted octanol–water partition coefficient (Wildman–Crippen LogP) is 21.9. The molecule has 0 heterocycles. The van der Waals surface area contributed by atoms with Crippen LogP contribution in [-0.4, -0.2) is 52.9 Å². The number of aliphatic hydroxyl groups excluding tert-OH is 2. The highest BCUT2D eigenvalue weighted by molar-refractivity contribution is 5.74. The number of hydrogen-bond acceptors (Lipinski definition) is 8. The third kappa shape index (κ3) is 19.8. The second-order valence-corrected chi connectivity index (χ2v) is 28.0. The zero-order valence-electron chi connectivity index (χ0n) is 59.9. The SMILES string of the molecule is CCc1ccc(-c2cc(OC)ccc2F)c([C@@H](O)C(C)(C)C)c1.CCc1ccc(-c2cc(OC)ccc2F)c([C@@H](OC)C(C)(C)C)c1.CCc1ccc(-c2cc(OC)ccc2F)c([C@H](O)C(C)(C)C)c1.CCc1ccc(-c2cc(OC)ccc2F)c([C@H](OC)C(C)(C)C)c1. The summed E-state index contributed by atoms with van der Waals surface area (Å²) in [6, 6.07) is 43.0. The van der Waals surface area contributed by atoms with E-state index in [1.165, 1.54) is 35.4 Å². The molecule has 94 heavy (non-hydrogen) atoms. The average Bonchev–Trinajstić information content (AvgIpc) is 0.809. The summed E-state index contributed by atoms with van der Waals surface area (Å²) in [5.41, 5.74) is 12.4. The predicted molar refractivity (Wildman–Crippen MR) is 378 cm³/mol. The fourth-order valence-electron chi connectivity index (χ4n) is 11.4. The van der Waals surface area contributed by atoms with Crippen molar-refractivity contribution in [3.63, 3.8) is 0 Å². The molecule has 0 unspecified atom stereocenters. The van der Waals surface area contributed by atoms with Crippen LogP contribution in [0.15, 0.2) is 146 Å². The van der Waals surface area contributed by atoms with Crippen LogP contribution in [0, 0.1) is 44.9 Å². The Balaban J connectivity index is 0.000000227. The molecule has 0 aromatic heterocycles. The van der Waals surface area contributed by atoms with Crippen LogP contribution in [0.25, 0.3) is 44.5 Å². The topological polar surface area (TPSA) is 95.8 Å². The van der Waals surface area contributed by atoms with Crippen molar-refractivity contribution in [2.75, 3.05) is 42.7 Å². The Bertz CT molecular complexity index is 3510. The van der Waals surface area contributed by atoms with Crippen LogP contribution in [-0.2, 0) is 35.2 Å². The molecule has 0 aliphatic carbocycles. The van der Waals surface area contributed by atoms with Gasteiger partial charge < -0.3 is 38.6 Å². The van der Waals surface area contributed by atoms with Crippen molar-refractivity contribution >= 4 is 0 Å². The fraction of sp³-hybridized carbons (Fsp3) is 0.415. The molecule has 0 saturated carbocycles. The van der Waals surface area contributed by atoms with E-state index >= 15 is 0 Å². The van der Waals surface area contributed by atoms with Crippen LogP contribution >= 0.6 is 0 Å². The molecule has 0 bridgehead atoms. The molecule has 4 atom stereocenters. The Hall–Kier alpha value is -7.48. The molecular weight excluding hydrogens is 1190 g/mol. The van der Waals surface area contributed by atoms with E-state index in [2.05, 4.69) is 81.4 Å². The monoisotopic (exact) mass is 1290 g/mol. The van der Waals surface area contributed by atoms with E-state index < -0.39 is 12.2 Å². The average molecular weight is 1290 g/mol. The van der Waals surface area contributed by atoms with E-state index in [1.807, 2.05) is 102 Å². The van der Waals surface area contributed by atoms with Gasteiger partial charge in [0.05, 0.1) is 52.9 Å². The first-order chi connectivity index (χ1) is 44.2. The fourth-order valence-corrected chi connectivity index (χ4v) is 11.4. The van der Waals surface area contributed by atoms with Crippen molar-refractivity contribution in [3.05, 3.63) is 213 Å². The van der Waals surface area contributed by atoms with Gasteiger partial charge in [-0.15, -0.1) is 0 Å². The van der Waals surface area contributed by atoms with Gasteiger partial charge in [0.15, 0.2) is 0 Å². The first-order valence-electron chi connectivity index (χ1n) is 32.5. The van der Waals surface area contributed by atoms with Crippen molar-refractivity contribution in [1.82, 2.24) is 0 Å². The molecule has 8 rings (SSSR count). The molecule has 0 saturated heterocycles. The van der Waals surface area contributed by atoms with Gasteiger partial charge in [-0.05, 0) is 187 Å². The van der Waals surface area contributed by atoms with E-state index in [9.17, 15) is 27.8 Å². The maximum absolute atomic E-state index is 14.5. The van der Waals surface area contributed by atoms with Crippen molar-refractivity contribution < 1.29 is 56.2 Å². The number of methoxy groups -OCH3 is 6. The third-order valence-electron chi connectivity index (χ3n) is 16.8. The van der Waals surface area contributed by atoms with Crippen molar-refractivity contribution in [3.8, 4) is 67.5 Å². The smallest absolute Gasteiger partial charge is 0.131 e. The van der Waals surface area contributed by atoms with Gasteiger partial charge >= 0.3 is 0 Å². The minimum absolute atomic E-state index is 0.106. The minimum atomic E-state index is -0.686. The van der Waals surface area contributed by atoms with Crippen LogP contribution in [0.4, 0.5) is 17.6 Å². The van der Waals surface area contributed by atoms with Crippen LogP contribution in [0.3, 0.4) is 0 Å². The largest absolute Gasteiger partial charge is 0.497 e. The first kappa shape index (κ1) is 77.2. The zero-order chi connectivity index (χ0) is 70.2. The number of benzene rings is 8. The van der Waals surface area contributed by atoms with Gasteiger partial charge in [0.1, 0.15) is 46.3 Å². The van der Waals surface area contributed by atoms with Crippen molar-refractivity contribution in [2.45, 2.75) is 161 Å². The number of aliphatic hydroxyl groups is 2. The summed E-state index contributed by atoms with van der Waals surface area (Å²) in [5, 5.41) is 21.6. The standard InChI is InChI=1S/2C21H27FO2.2C20H25FO2/c2*1-7-14-8-10-16(17-13-15(23-5)9-11-19(17)22)18(12-14)20(24-6)21(2,3)4;2*1-6-13-7-9-15(17(11-13)19(22)20(2,3)4)16-12-14(23-5)8-10-18(16)21/h2*8-13,20H,7H2,1-6H3;2*7-12,19,22H,6H2,1-5H3/t2*20-;2*19-/m1010/s1. The molecule has 0 spiro atoms. The van der Waals surface area contributed by atoms with Gasteiger partial charge in [0.2, 0.25) is 0 Å². The minimum Gasteiger partial charge on any atom is -0.497 e.